The van der Waals surface area contributed by atoms with Crippen LogP contribution in [0.1, 0.15) is 30.6 Å². The number of rotatable bonds is 7. The Morgan fingerprint density at radius 2 is 2.00 bits per heavy atom. The van der Waals surface area contributed by atoms with Gasteiger partial charge in [0, 0.05) is 26.8 Å². The third kappa shape index (κ3) is 5.41. The zero-order chi connectivity index (χ0) is 16.0. The predicted molar refractivity (Wildman–Crippen MR) is 81.3 cm³/mol. The number of carboxylic acids is 1. The number of carboxylic acid groups (broad SMARTS) is 1. The van der Waals surface area contributed by atoms with E-state index in [0.29, 0.717) is 30.3 Å². The fraction of sp³-hybridized carbons (Fsp3) is 0.533. The number of hydrogen-bond donors (Lipinski definition) is 2. The van der Waals surface area contributed by atoms with Gasteiger partial charge in [-0.05, 0) is 24.5 Å². The average molecular weight is 293 g/mol. The van der Waals surface area contributed by atoms with Gasteiger partial charge in [0.05, 0.1) is 11.5 Å². The molecule has 1 unspecified atom stereocenters. The topological polar surface area (TPSA) is 82.5 Å². The van der Waals surface area contributed by atoms with E-state index < -0.39 is 11.9 Å². The van der Waals surface area contributed by atoms with Gasteiger partial charge in [-0.1, -0.05) is 13.8 Å². The number of amides is 1. The van der Waals surface area contributed by atoms with Gasteiger partial charge in [-0.2, -0.15) is 0 Å². The lowest BCUT2D eigenvalue weighted by molar-refractivity contribution is -0.141. The fourth-order valence-electron chi connectivity index (χ4n) is 1.95. The molecule has 0 aromatic carbocycles. The van der Waals surface area contributed by atoms with Crippen molar-refractivity contribution in [1.82, 2.24) is 9.88 Å². The second-order valence-corrected chi connectivity index (χ2v) is 5.68. The molecule has 0 saturated carbocycles. The summed E-state index contributed by atoms with van der Waals surface area (Å²) in [5, 5.41) is 12.2. The third-order valence-corrected chi connectivity index (χ3v) is 3.05. The van der Waals surface area contributed by atoms with Crippen LogP contribution in [0.25, 0.3) is 0 Å². The maximum atomic E-state index is 11.7. The van der Waals surface area contributed by atoms with Crippen LogP contribution in [0.2, 0.25) is 0 Å². The molecule has 1 atom stereocenters. The smallest absolute Gasteiger partial charge is 0.308 e. The molecule has 0 aliphatic rings. The van der Waals surface area contributed by atoms with E-state index in [4.69, 9.17) is 5.11 Å². The van der Waals surface area contributed by atoms with Gasteiger partial charge in [-0.3, -0.25) is 9.59 Å². The van der Waals surface area contributed by atoms with Crippen molar-refractivity contribution < 1.29 is 14.7 Å². The van der Waals surface area contributed by atoms with Crippen LogP contribution in [-0.2, 0) is 4.79 Å². The van der Waals surface area contributed by atoms with Crippen molar-refractivity contribution in [2.24, 2.45) is 11.8 Å². The molecule has 0 aliphatic carbocycles. The molecule has 6 heteroatoms. The van der Waals surface area contributed by atoms with Crippen LogP contribution in [0.3, 0.4) is 0 Å². The zero-order valence-electron chi connectivity index (χ0n) is 13.0. The molecule has 0 saturated heterocycles. The van der Waals surface area contributed by atoms with E-state index in [1.165, 1.54) is 11.1 Å². The minimum atomic E-state index is -0.810. The summed E-state index contributed by atoms with van der Waals surface area (Å²) in [5.41, 5.74) is 0.502. The lowest BCUT2D eigenvalue weighted by Gasteiger charge is -2.16. The average Bonchev–Trinajstić information content (AvgIpc) is 2.42. The first-order chi connectivity index (χ1) is 9.81. The van der Waals surface area contributed by atoms with Crippen LogP contribution >= 0.6 is 0 Å². The number of aromatic nitrogens is 1. The normalized spacial score (nSPS) is 12.0. The molecule has 0 bridgehead atoms. The van der Waals surface area contributed by atoms with Gasteiger partial charge in [0.2, 0.25) is 0 Å². The van der Waals surface area contributed by atoms with Crippen molar-refractivity contribution in [1.29, 1.82) is 0 Å². The van der Waals surface area contributed by atoms with Crippen LogP contribution in [0, 0.1) is 11.8 Å². The van der Waals surface area contributed by atoms with Gasteiger partial charge in [0.15, 0.2) is 0 Å². The van der Waals surface area contributed by atoms with Crippen molar-refractivity contribution >= 4 is 17.7 Å². The molecule has 1 aromatic rings. The Morgan fingerprint density at radius 3 is 2.43 bits per heavy atom. The zero-order valence-corrected chi connectivity index (χ0v) is 13.0. The van der Waals surface area contributed by atoms with E-state index in [9.17, 15) is 9.59 Å². The van der Waals surface area contributed by atoms with Crippen LogP contribution < -0.4 is 5.32 Å². The molecule has 6 nitrogen and oxygen atoms in total. The summed E-state index contributed by atoms with van der Waals surface area (Å²) in [5.74, 6) is -0.482. The first-order valence-corrected chi connectivity index (χ1v) is 6.95. The Morgan fingerprint density at radius 1 is 1.33 bits per heavy atom. The van der Waals surface area contributed by atoms with Gasteiger partial charge < -0.3 is 15.3 Å². The van der Waals surface area contributed by atoms with E-state index >= 15 is 0 Å². The molecule has 1 aromatic heterocycles. The maximum absolute atomic E-state index is 11.7. The number of pyridine rings is 1. The van der Waals surface area contributed by atoms with E-state index in [1.807, 2.05) is 13.8 Å². The van der Waals surface area contributed by atoms with Crippen molar-refractivity contribution in [2.75, 3.05) is 26.0 Å². The van der Waals surface area contributed by atoms with Crippen molar-refractivity contribution in [3.63, 3.8) is 0 Å². The predicted octanol–water partition coefficient (Wildman–Crippen LogP) is 1.94. The fourth-order valence-corrected chi connectivity index (χ4v) is 1.95. The lowest BCUT2D eigenvalue weighted by Crippen LogP contribution is -2.25. The summed E-state index contributed by atoms with van der Waals surface area (Å²) in [6.07, 6.45) is 2.10. The summed E-state index contributed by atoms with van der Waals surface area (Å²) in [4.78, 5) is 28.5. The number of aliphatic carboxylic acids is 1. The third-order valence-electron chi connectivity index (χ3n) is 3.05. The van der Waals surface area contributed by atoms with Crippen LogP contribution in [-0.4, -0.2) is 47.5 Å². The first-order valence-electron chi connectivity index (χ1n) is 6.95. The highest BCUT2D eigenvalue weighted by molar-refractivity contribution is 5.93. The van der Waals surface area contributed by atoms with Crippen LogP contribution in [0.5, 0.6) is 0 Å². The molecule has 0 aliphatic heterocycles. The lowest BCUT2D eigenvalue weighted by atomic mass is 9.97. The second-order valence-electron chi connectivity index (χ2n) is 5.68. The Hall–Kier alpha value is -2.11. The second kappa shape index (κ2) is 7.61. The van der Waals surface area contributed by atoms with E-state index in [1.54, 1.807) is 26.2 Å². The SMILES string of the molecule is CC(C)CC(CNc1ccc(C(=O)N(C)C)cn1)C(=O)O. The standard InChI is InChI=1S/C15H23N3O3/c1-10(2)7-12(15(20)21)9-17-13-6-5-11(8-16-13)14(19)18(3)4/h5-6,8,10,12H,7,9H2,1-4H3,(H,16,17)(H,20,21). The molecule has 1 amide bonds. The molecule has 0 fully saturated rings. The molecule has 1 rings (SSSR count). The summed E-state index contributed by atoms with van der Waals surface area (Å²) in [7, 11) is 3.36. The minimum absolute atomic E-state index is 0.114. The largest absolute Gasteiger partial charge is 0.481 e. The van der Waals surface area contributed by atoms with Gasteiger partial charge in [-0.25, -0.2) is 4.98 Å². The monoisotopic (exact) mass is 293 g/mol. The van der Waals surface area contributed by atoms with Crippen molar-refractivity contribution in [3.05, 3.63) is 23.9 Å². The van der Waals surface area contributed by atoms with Gasteiger partial charge in [0.1, 0.15) is 5.82 Å². The maximum Gasteiger partial charge on any atom is 0.308 e. The molecule has 21 heavy (non-hydrogen) atoms. The van der Waals surface area contributed by atoms with Gasteiger partial charge in [0.25, 0.3) is 5.91 Å². The number of nitrogens with one attached hydrogen (secondary N) is 1. The molecular formula is C15H23N3O3. The van der Waals surface area contributed by atoms with Crippen molar-refractivity contribution in [2.45, 2.75) is 20.3 Å². The molecule has 1 heterocycles. The van der Waals surface area contributed by atoms with Crippen LogP contribution in [0.15, 0.2) is 18.3 Å². The summed E-state index contributed by atoms with van der Waals surface area (Å²) in [6, 6.07) is 3.36. The van der Waals surface area contributed by atoms with Gasteiger partial charge in [-0.15, -0.1) is 0 Å². The first kappa shape index (κ1) is 16.9. The quantitative estimate of drug-likeness (QED) is 0.803. The number of carbonyl (C=O) groups is 2. The van der Waals surface area contributed by atoms with E-state index in [0.717, 1.165) is 0 Å². The van der Waals surface area contributed by atoms with Crippen molar-refractivity contribution in [3.8, 4) is 0 Å². The molecular weight excluding hydrogens is 270 g/mol. The summed E-state index contributed by atoms with van der Waals surface area (Å²) in [6.45, 7) is 4.31. The number of nitrogens with zero attached hydrogens (tertiary/aromatic N) is 2. The molecule has 2 N–H and O–H groups in total. The highest BCUT2D eigenvalue weighted by atomic mass is 16.4. The summed E-state index contributed by atoms with van der Waals surface area (Å²) >= 11 is 0. The minimum Gasteiger partial charge on any atom is -0.481 e. The Bertz CT molecular complexity index is 483. The number of hydrogen-bond acceptors (Lipinski definition) is 4. The highest BCUT2D eigenvalue weighted by Crippen LogP contribution is 2.14. The number of anilines is 1. The van der Waals surface area contributed by atoms with Gasteiger partial charge >= 0.3 is 5.97 Å². The van der Waals surface area contributed by atoms with E-state index in [2.05, 4.69) is 10.3 Å². The number of carbonyl (C=O) groups excluding carboxylic acids is 1. The Labute approximate surface area is 125 Å². The van der Waals surface area contributed by atoms with E-state index in [-0.39, 0.29) is 5.91 Å². The molecule has 0 radical (unpaired) electrons. The highest BCUT2D eigenvalue weighted by Gasteiger charge is 2.18. The molecule has 0 spiro atoms. The Kier molecular flexibility index (Phi) is 6.14. The Balaban J connectivity index is 2.63. The summed E-state index contributed by atoms with van der Waals surface area (Å²) < 4.78 is 0. The van der Waals surface area contributed by atoms with Crippen LogP contribution in [0.4, 0.5) is 5.82 Å². The molecule has 116 valence electrons.